The van der Waals surface area contributed by atoms with E-state index in [1.807, 2.05) is 38.3 Å². The van der Waals surface area contributed by atoms with Crippen LogP contribution in [0.5, 0.6) is 5.75 Å². The fourth-order valence-electron chi connectivity index (χ4n) is 2.29. The summed E-state index contributed by atoms with van der Waals surface area (Å²) >= 11 is 7.10. The van der Waals surface area contributed by atoms with E-state index in [1.165, 1.54) is 0 Å². The highest BCUT2D eigenvalue weighted by Gasteiger charge is 2.36. The number of methoxy groups -OCH3 is 1. The minimum absolute atomic E-state index is 0.144. The van der Waals surface area contributed by atoms with E-state index in [9.17, 15) is 4.79 Å². The molecule has 1 unspecified atom stereocenters. The van der Waals surface area contributed by atoms with Gasteiger partial charge in [0.2, 0.25) is 0 Å². The zero-order valence-corrected chi connectivity index (χ0v) is 15.4. The summed E-state index contributed by atoms with van der Waals surface area (Å²) in [7, 11) is 1.60. The van der Waals surface area contributed by atoms with Crippen LogP contribution in [0.4, 0.5) is 16.2 Å². The highest BCUT2D eigenvalue weighted by atomic mass is 32.2. The molecule has 1 aliphatic heterocycles. The van der Waals surface area contributed by atoms with Gasteiger partial charge in [0.1, 0.15) is 16.8 Å². The highest BCUT2D eigenvalue weighted by Crippen LogP contribution is 2.37. The van der Waals surface area contributed by atoms with Crippen molar-refractivity contribution in [1.29, 1.82) is 0 Å². The molecule has 0 radical (unpaired) electrons. The number of benzene rings is 1. The number of ether oxygens (including phenoxy) is 2. The van der Waals surface area contributed by atoms with E-state index in [2.05, 4.69) is 5.32 Å². The van der Waals surface area contributed by atoms with Crippen molar-refractivity contribution >= 4 is 46.4 Å². The first-order valence-corrected chi connectivity index (χ1v) is 9.29. The number of anilines is 2. The van der Waals surface area contributed by atoms with Crippen LogP contribution < -0.4 is 15.0 Å². The molecule has 0 saturated carbocycles. The molecule has 7 heteroatoms. The van der Waals surface area contributed by atoms with Crippen LogP contribution in [0.1, 0.15) is 20.3 Å². The third kappa shape index (κ3) is 3.90. The van der Waals surface area contributed by atoms with Gasteiger partial charge in [0.25, 0.3) is 0 Å². The van der Waals surface area contributed by atoms with Crippen LogP contribution in [0.25, 0.3) is 0 Å². The minimum Gasteiger partial charge on any atom is -0.497 e. The lowest BCUT2D eigenvalue weighted by molar-refractivity contribution is 0.111. The molecule has 1 N–H and O–H groups in total. The summed E-state index contributed by atoms with van der Waals surface area (Å²) in [6, 6.07) is 5.28. The first kappa shape index (κ1) is 17.9. The van der Waals surface area contributed by atoms with Gasteiger partial charge in [0, 0.05) is 11.8 Å². The van der Waals surface area contributed by atoms with Crippen LogP contribution in [-0.2, 0) is 4.74 Å². The standard InChI is InChI=1S/C16H22N2O3S2/c1-5-10(2)21-16(19)18-13-8-11(20-3)6-7-12(13)17-15(22)14(18)9-23-4/h6-8,10,14H,5,9H2,1-4H3,(H,17,22)/t10?,14-/m0/s1. The Morgan fingerprint density at radius 1 is 1.52 bits per heavy atom. The number of amides is 1. The summed E-state index contributed by atoms with van der Waals surface area (Å²) in [6.45, 7) is 3.87. The van der Waals surface area contributed by atoms with Gasteiger partial charge in [-0.15, -0.1) is 0 Å². The number of fused-ring (bicyclic) bond motifs is 1. The fourth-order valence-corrected chi connectivity index (χ4v) is 3.33. The van der Waals surface area contributed by atoms with Crippen molar-refractivity contribution in [2.45, 2.75) is 32.4 Å². The van der Waals surface area contributed by atoms with Gasteiger partial charge in [-0.25, -0.2) is 4.79 Å². The normalized spacial score (nSPS) is 18.0. The number of hydrogen-bond donors (Lipinski definition) is 1. The summed E-state index contributed by atoms with van der Waals surface area (Å²) in [5.74, 6) is 1.38. The van der Waals surface area contributed by atoms with Crippen molar-refractivity contribution in [2.75, 3.05) is 29.3 Å². The molecule has 1 aromatic rings. The van der Waals surface area contributed by atoms with Crippen LogP contribution >= 0.6 is 24.0 Å². The average molecular weight is 354 g/mol. The van der Waals surface area contributed by atoms with E-state index >= 15 is 0 Å². The van der Waals surface area contributed by atoms with Gasteiger partial charge in [-0.1, -0.05) is 19.1 Å². The Hall–Kier alpha value is -1.47. The Balaban J connectivity index is 2.43. The monoisotopic (exact) mass is 354 g/mol. The van der Waals surface area contributed by atoms with Crippen LogP contribution in [0.3, 0.4) is 0 Å². The lowest BCUT2D eigenvalue weighted by Gasteiger charge is -2.37. The number of carbonyl (C=O) groups excluding carboxylic acids is 1. The maximum absolute atomic E-state index is 12.7. The molecule has 1 aliphatic rings. The van der Waals surface area contributed by atoms with Gasteiger partial charge >= 0.3 is 6.09 Å². The van der Waals surface area contributed by atoms with Crippen molar-refractivity contribution in [3.05, 3.63) is 18.2 Å². The molecule has 2 rings (SSSR count). The zero-order valence-electron chi connectivity index (χ0n) is 13.8. The van der Waals surface area contributed by atoms with Gasteiger partial charge < -0.3 is 14.8 Å². The van der Waals surface area contributed by atoms with Gasteiger partial charge in [0.05, 0.1) is 24.5 Å². The Kier molecular flexibility index (Phi) is 6.12. The molecule has 1 aromatic carbocycles. The van der Waals surface area contributed by atoms with Gasteiger partial charge in [-0.3, -0.25) is 4.90 Å². The second kappa shape index (κ2) is 7.88. The van der Waals surface area contributed by atoms with E-state index in [4.69, 9.17) is 21.7 Å². The number of rotatable bonds is 5. The van der Waals surface area contributed by atoms with Crippen LogP contribution in [0.2, 0.25) is 0 Å². The minimum atomic E-state index is -0.378. The van der Waals surface area contributed by atoms with Gasteiger partial charge in [0.15, 0.2) is 0 Å². The van der Waals surface area contributed by atoms with E-state index in [-0.39, 0.29) is 18.2 Å². The van der Waals surface area contributed by atoms with Crippen LogP contribution in [0.15, 0.2) is 18.2 Å². The van der Waals surface area contributed by atoms with E-state index < -0.39 is 0 Å². The second-order valence-electron chi connectivity index (χ2n) is 5.32. The van der Waals surface area contributed by atoms with Crippen molar-refractivity contribution in [3.8, 4) is 5.75 Å². The summed E-state index contributed by atoms with van der Waals surface area (Å²) in [5, 5.41) is 3.21. The molecule has 23 heavy (non-hydrogen) atoms. The molecule has 0 aromatic heterocycles. The van der Waals surface area contributed by atoms with Crippen molar-refractivity contribution in [2.24, 2.45) is 0 Å². The van der Waals surface area contributed by atoms with Gasteiger partial charge in [-0.2, -0.15) is 11.8 Å². The first-order valence-electron chi connectivity index (χ1n) is 7.49. The fraction of sp³-hybridized carbons (Fsp3) is 0.500. The van der Waals surface area contributed by atoms with Crippen molar-refractivity contribution in [1.82, 2.24) is 0 Å². The molecule has 5 nitrogen and oxygen atoms in total. The third-order valence-corrected chi connectivity index (χ3v) is 4.76. The average Bonchev–Trinajstić information content (AvgIpc) is 2.54. The molecular formula is C16H22N2O3S2. The lowest BCUT2D eigenvalue weighted by atomic mass is 10.1. The smallest absolute Gasteiger partial charge is 0.415 e. The Bertz CT molecular complexity index is 595. The highest BCUT2D eigenvalue weighted by molar-refractivity contribution is 7.98. The molecule has 0 saturated heterocycles. The quantitative estimate of drug-likeness (QED) is 0.809. The molecule has 0 spiro atoms. The predicted octanol–water partition coefficient (Wildman–Crippen LogP) is 3.92. The van der Waals surface area contributed by atoms with E-state index in [0.717, 1.165) is 17.8 Å². The van der Waals surface area contributed by atoms with Crippen LogP contribution in [0, 0.1) is 0 Å². The largest absolute Gasteiger partial charge is 0.497 e. The predicted molar refractivity (Wildman–Crippen MR) is 100 cm³/mol. The number of nitrogens with one attached hydrogen (secondary N) is 1. The lowest BCUT2D eigenvalue weighted by Crippen LogP contribution is -2.52. The van der Waals surface area contributed by atoms with Crippen molar-refractivity contribution < 1.29 is 14.3 Å². The number of carbonyl (C=O) groups is 1. The molecule has 0 aliphatic carbocycles. The van der Waals surface area contributed by atoms with Gasteiger partial charge in [-0.05, 0) is 31.7 Å². The number of hydrogen-bond acceptors (Lipinski definition) is 5. The van der Waals surface area contributed by atoms with Crippen LogP contribution in [-0.4, -0.2) is 42.3 Å². The SMILES string of the molecule is CCC(C)OC(=O)N1c2cc(OC)ccc2NC(=S)[C@@H]1CSC. The number of nitrogens with zero attached hydrogens (tertiary/aromatic N) is 1. The molecular weight excluding hydrogens is 332 g/mol. The Labute approximate surface area is 146 Å². The molecule has 1 heterocycles. The maximum atomic E-state index is 12.7. The zero-order chi connectivity index (χ0) is 17.0. The summed E-state index contributed by atoms with van der Waals surface area (Å²) in [5.41, 5.74) is 1.51. The maximum Gasteiger partial charge on any atom is 0.415 e. The Morgan fingerprint density at radius 2 is 2.26 bits per heavy atom. The summed E-state index contributed by atoms with van der Waals surface area (Å²) in [4.78, 5) is 15.0. The number of thioether (sulfide) groups is 1. The molecule has 0 fully saturated rings. The second-order valence-corrected chi connectivity index (χ2v) is 6.67. The first-order chi connectivity index (χ1) is 11.0. The number of thiocarbonyl (C=S) groups is 1. The molecule has 126 valence electrons. The van der Waals surface area contributed by atoms with Crippen molar-refractivity contribution in [3.63, 3.8) is 0 Å². The summed E-state index contributed by atoms with van der Waals surface area (Å²) < 4.78 is 10.8. The Morgan fingerprint density at radius 3 is 2.87 bits per heavy atom. The topological polar surface area (TPSA) is 50.8 Å². The molecule has 2 atom stereocenters. The summed E-state index contributed by atoms with van der Waals surface area (Å²) in [6.07, 6.45) is 2.23. The van der Waals surface area contributed by atoms with E-state index in [1.54, 1.807) is 23.8 Å². The van der Waals surface area contributed by atoms with E-state index in [0.29, 0.717) is 16.5 Å². The molecule has 0 bridgehead atoms. The third-order valence-electron chi connectivity index (χ3n) is 3.73. The molecule has 1 amide bonds.